The molecule has 4 heteroatoms. The van der Waals surface area contributed by atoms with Gasteiger partial charge in [-0.25, -0.2) is 0 Å². The summed E-state index contributed by atoms with van der Waals surface area (Å²) in [4.78, 5) is 10.1. The van der Waals surface area contributed by atoms with E-state index in [1.807, 2.05) is 6.21 Å². The van der Waals surface area contributed by atoms with Gasteiger partial charge < -0.3 is 10.2 Å². The van der Waals surface area contributed by atoms with E-state index in [2.05, 4.69) is 10.5 Å². The molecule has 0 unspecified atom stereocenters. The van der Waals surface area contributed by atoms with E-state index in [-0.39, 0.29) is 11.6 Å². The first kappa shape index (κ1) is 8.53. The monoisotopic (exact) mass is 182 g/mol. The zero-order valence-electron chi connectivity index (χ0n) is 7.53. The maximum atomic E-state index is 10.1. The van der Waals surface area contributed by atoms with E-state index in [4.69, 9.17) is 4.74 Å². The van der Waals surface area contributed by atoms with Crippen LogP contribution in [0.2, 0.25) is 0 Å². The summed E-state index contributed by atoms with van der Waals surface area (Å²) in [6.45, 7) is 0.557. The molecule has 1 saturated carbocycles. The Kier molecular flexibility index (Phi) is 2.20. The van der Waals surface area contributed by atoms with Crippen LogP contribution in [0.1, 0.15) is 32.1 Å². The van der Waals surface area contributed by atoms with Gasteiger partial charge in [-0.3, -0.25) is 4.79 Å². The van der Waals surface area contributed by atoms with Gasteiger partial charge in [0.25, 0.3) is 6.47 Å². The summed E-state index contributed by atoms with van der Waals surface area (Å²) in [6.07, 6.45) is 7.08. The highest BCUT2D eigenvalue weighted by molar-refractivity contribution is 5.61. The third-order valence-electron chi connectivity index (χ3n) is 3.01. The fourth-order valence-corrected chi connectivity index (χ4v) is 2.12. The van der Waals surface area contributed by atoms with Crippen molar-refractivity contribution in [1.82, 2.24) is 5.43 Å². The molecule has 0 aromatic carbocycles. The smallest absolute Gasteiger partial charge is 0.293 e. The second-order valence-corrected chi connectivity index (χ2v) is 3.84. The molecule has 0 atom stereocenters. The summed E-state index contributed by atoms with van der Waals surface area (Å²) in [5.74, 6) is 0. The van der Waals surface area contributed by atoms with Gasteiger partial charge >= 0.3 is 0 Å². The van der Waals surface area contributed by atoms with Crippen molar-refractivity contribution in [1.29, 1.82) is 0 Å². The second kappa shape index (κ2) is 3.36. The van der Waals surface area contributed by atoms with Gasteiger partial charge in [-0.15, -0.1) is 0 Å². The van der Waals surface area contributed by atoms with Crippen molar-refractivity contribution in [2.45, 2.75) is 43.7 Å². The normalized spacial score (nSPS) is 37.4. The van der Waals surface area contributed by atoms with E-state index >= 15 is 0 Å². The molecule has 1 spiro atoms. The minimum atomic E-state index is 0.130. The van der Waals surface area contributed by atoms with Crippen LogP contribution in [0.4, 0.5) is 0 Å². The molecule has 72 valence electrons. The lowest BCUT2D eigenvalue weighted by atomic mass is 9.79. The van der Waals surface area contributed by atoms with Crippen LogP contribution in [0.15, 0.2) is 5.10 Å². The van der Waals surface area contributed by atoms with Crippen molar-refractivity contribution in [3.8, 4) is 0 Å². The van der Waals surface area contributed by atoms with E-state index in [1.165, 1.54) is 0 Å². The molecular weight excluding hydrogens is 168 g/mol. The van der Waals surface area contributed by atoms with Crippen LogP contribution in [0.3, 0.4) is 0 Å². The minimum absolute atomic E-state index is 0.130. The van der Waals surface area contributed by atoms with Crippen molar-refractivity contribution >= 4 is 12.7 Å². The highest BCUT2D eigenvalue weighted by Crippen LogP contribution is 2.33. The maximum absolute atomic E-state index is 10.1. The highest BCUT2D eigenvalue weighted by atomic mass is 16.5. The molecule has 1 heterocycles. The largest absolute Gasteiger partial charge is 0.465 e. The first-order valence-electron chi connectivity index (χ1n) is 4.72. The predicted molar refractivity (Wildman–Crippen MR) is 48.4 cm³/mol. The zero-order valence-corrected chi connectivity index (χ0v) is 7.53. The lowest BCUT2D eigenvalue weighted by Crippen LogP contribution is -2.43. The molecule has 0 saturated heterocycles. The quantitative estimate of drug-likeness (QED) is 0.643. The summed E-state index contributed by atoms with van der Waals surface area (Å²) >= 11 is 0. The second-order valence-electron chi connectivity index (χ2n) is 3.84. The molecule has 2 rings (SSSR count). The SMILES string of the molecule is O=COC1CCC2(CC=NN2)CC1. The summed E-state index contributed by atoms with van der Waals surface area (Å²) in [5, 5.41) is 4.05. The lowest BCUT2D eigenvalue weighted by molar-refractivity contribution is -0.135. The van der Waals surface area contributed by atoms with Crippen molar-refractivity contribution < 1.29 is 9.53 Å². The molecule has 0 aromatic rings. The van der Waals surface area contributed by atoms with E-state index in [0.717, 1.165) is 32.1 Å². The molecule has 0 radical (unpaired) electrons. The minimum Gasteiger partial charge on any atom is -0.465 e. The summed E-state index contributed by atoms with van der Waals surface area (Å²) in [6, 6.07) is 0. The van der Waals surface area contributed by atoms with Crippen molar-refractivity contribution in [3.63, 3.8) is 0 Å². The number of hydrogen-bond acceptors (Lipinski definition) is 4. The Balaban J connectivity index is 1.85. The Morgan fingerprint density at radius 1 is 1.54 bits per heavy atom. The molecule has 13 heavy (non-hydrogen) atoms. The maximum Gasteiger partial charge on any atom is 0.293 e. The Bertz CT molecular complexity index is 210. The summed E-state index contributed by atoms with van der Waals surface area (Å²) in [7, 11) is 0. The molecule has 1 N–H and O–H groups in total. The molecule has 1 fully saturated rings. The molecule has 2 aliphatic rings. The van der Waals surface area contributed by atoms with Gasteiger partial charge in [0, 0.05) is 12.6 Å². The number of nitrogens with zero attached hydrogens (tertiary/aromatic N) is 1. The van der Waals surface area contributed by atoms with Crippen LogP contribution in [0.25, 0.3) is 0 Å². The van der Waals surface area contributed by atoms with Crippen LogP contribution < -0.4 is 5.43 Å². The topological polar surface area (TPSA) is 50.7 Å². The molecule has 1 aliphatic carbocycles. The first-order chi connectivity index (χ1) is 6.35. The molecular formula is C9H14N2O2. The zero-order chi connectivity index (χ0) is 9.15. The van der Waals surface area contributed by atoms with Crippen LogP contribution >= 0.6 is 0 Å². The van der Waals surface area contributed by atoms with Crippen molar-refractivity contribution in [3.05, 3.63) is 0 Å². The van der Waals surface area contributed by atoms with Crippen LogP contribution in [0, 0.1) is 0 Å². The number of rotatable bonds is 2. The van der Waals surface area contributed by atoms with Gasteiger partial charge in [0.2, 0.25) is 0 Å². The number of nitrogens with one attached hydrogen (secondary N) is 1. The standard InChI is InChI=1S/C9H14N2O2/c12-7-13-8-1-3-9(4-2-8)5-6-10-11-9/h6-8,11H,1-5H2. The van der Waals surface area contributed by atoms with Gasteiger partial charge in [0.05, 0.1) is 5.54 Å². The molecule has 1 aliphatic heterocycles. The third-order valence-corrected chi connectivity index (χ3v) is 3.01. The van der Waals surface area contributed by atoms with Crippen molar-refractivity contribution in [2.24, 2.45) is 5.10 Å². The van der Waals surface area contributed by atoms with Crippen LogP contribution in [-0.2, 0) is 9.53 Å². The number of carbonyl (C=O) groups excluding carboxylic acids is 1. The van der Waals surface area contributed by atoms with Crippen LogP contribution in [-0.4, -0.2) is 24.3 Å². The van der Waals surface area contributed by atoms with E-state index < -0.39 is 0 Å². The van der Waals surface area contributed by atoms with Gasteiger partial charge in [0.1, 0.15) is 6.10 Å². The van der Waals surface area contributed by atoms with Gasteiger partial charge in [0.15, 0.2) is 0 Å². The number of ether oxygens (including phenoxy) is 1. The van der Waals surface area contributed by atoms with E-state index in [0.29, 0.717) is 6.47 Å². The first-order valence-corrected chi connectivity index (χ1v) is 4.72. The Labute approximate surface area is 77.3 Å². The summed E-state index contributed by atoms with van der Waals surface area (Å²) in [5.41, 5.74) is 3.34. The average molecular weight is 182 g/mol. The average Bonchev–Trinajstić information content (AvgIpc) is 2.59. The lowest BCUT2D eigenvalue weighted by Gasteiger charge is -2.35. The fraction of sp³-hybridized carbons (Fsp3) is 0.778. The Morgan fingerprint density at radius 3 is 2.85 bits per heavy atom. The number of hydrogen-bond donors (Lipinski definition) is 1. The third kappa shape index (κ3) is 1.66. The number of carbonyl (C=O) groups is 1. The molecule has 0 bridgehead atoms. The highest BCUT2D eigenvalue weighted by Gasteiger charge is 2.36. The fourth-order valence-electron chi connectivity index (χ4n) is 2.12. The summed E-state index contributed by atoms with van der Waals surface area (Å²) < 4.78 is 4.94. The molecule has 0 amide bonds. The predicted octanol–water partition coefficient (Wildman–Crippen LogP) is 0.820. The Morgan fingerprint density at radius 2 is 2.31 bits per heavy atom. The van der Waals surface area contributed by atoms with Gasteiger partial charge in [-0.1, -0.05) is 0 Å². The Hall–Kier alpha value is -1.06. The van der Waals surface area contributed by atoms with Gasteiger partial charge in [-0.2, -0.15) is 5.10 Å². The van der Waals surface area contributed by atoms with E-state index in [1.54, 1.807) is 0 Å². The van der Waals surface area contributed by atoms with Crippen LogP contribution in [0.5, 0.6) is 0 Å². The van der Waals surface area contributed by atoms with E-state index in [9.17, 15) is 4.79 Å². The molecule has 4 nitrogen and oxygen atoms in total. The van der Waals surface area contributed by atoms with Gasteiger partial charge in [-0.05, 0) is 25.7 Å². The molecule has 0 aromatic heterocycles. The van der Waals surface area contributed by atoms with Crippen molar-refractivity contribution in [2.75, 3.05) is 0 Å². The number of hydrazone groups is 1.